The van der Waals surface area contributed by atoms with Gasteiger partial charge in [-0.1, -0.05) is 0 Å². The molecule has 4 heteroatoms. The predicted octanol–water partition coefficient (Wildman–Crippen LogP) is -3.40. The third-order valence-electron chi connectivity index (χ3n) is 0.992. The Balaban J connectivity index is 0.000000810. The van der Waals surface area contributed by atoms with Gasteiger partial charge in [0, 0.05) is 6.07 Å². The number of nitrogens with two attached hydrogens (primary N) is 1. The highest BCUT2D eigenvalue weighted by atomic mass is 79.9. The third kappa shape index (κ3) is 2.14. The highest BCUT2D eigenvalue weighted by molar-refractivity contribution is 5.92. The van der Waals surface area contributed by atoms with Gasteiger partial charge in [-0.05, 0) is 6.07 Å². The quantitative estimate of drug-likeness (QED) is 0.508. The zero-order valence-electron chi connectivity index (χ0n) is 5.17. The summed E-state index contributed by atoms with van der Waals surface area (Å²) >= 11 is 0. The molecule has 3 nitrogen and oxygen atoms in total. The van der Waals surface area contributed by atoms with Crippen molar-refractivity contribution in [1.82, 2.24) is 0 Å². The monoisotopic (exact) mass is 202 g/mol. The number of hydrogen-bond acceptors (Lipinski definition) is 1. The molecular formula is C6H7BrN2O. The normalized spacial score (nSPS) is 8.00. The number of rotatable bonds is 1. The Morgan fingerprint density at radius 3 is 2.60 bits per heavy atom. The van der Waals surface area contributed by atoms with Crippen molar-refractivity contribution in [3.8, 4) is 0 Å². The number of nitrogens with one attached hydrogen (secondary N) is 1. The number of halogens is 1. The number of aromatic amines is 1. The summed E-state index contributed by atoms with van der Waals surface area (Å²) in [7, 11) is 0. The summed E-state index contributed by atoms with van der Waals surface area (Å²) in [5.74, 6) is -0.410. The van der Waals surface area contributed by atoms with Crippen LogP contribution in [0, 0.1) is 0 Å². The molecule has 1 heterocycles. The van der Waals surface area contributed by atoms with E-state index in [9.17, 15) is 4.79 Å². The first kappa shape index (κ1) is 9.10. The van der Waals surface area contributed by atoms with Gasteiger partial charge in [-0.3, -0.25) is 4.79 Å². The van der Waals surface area contributed by atoms with E-state index in [1.807, 2.05) is 0 Å². The summed E-state index contributed by atoms with van der Waals surface area (Å²) in [4.78, 5) is 13.1. The summed E-state index contributed by atoms with van der Waals surface area (Å²) in [6, 6.07) is 3.37. The second-order valence-corrected chi connectivity index (χ2v) is 1.66. The number of pyridine rings is 1. The fraction of sp³-hybridized carbons (Fsp3) is 0. The van der Waals surface area contributed by atoms with Gasteiger partial charge in [0.15, 0.2) is 12.4 Å². The average molecular weight is 203 g/mol. The Labute approximate surface area is 69.0 Å². The van der Waals surface area contributed by atoms with Crippen LogP contribution in [0.1, 0.15) is 10.4 Å². The lowest BCUT2D eigenvalue weighted by molar-refractivity contribution is -0.378. The number of aromatic nitrogens is 1. The molecule has 0 unspecified atom stereocenters. The molecule has 0 bridgehead atoms. The van der Waals surface area contributed by atoms with Crippen molar-refractivity contribution in [2.75, 3.05) is 0 Å². The van der Waals surface area contributed by atoms with E-state index in [1.165, 1.54) is 0 Å². The molecule has 0 fully saturated rings. The van der Waals surface area contributed by atoms with Crippen LogP contribution in [-0.2, 0) is 0 Å². The van der Waals surface area contributed by atoms with Gasteiger partial charge in [0.1, 0.15) is 5.56 Å². The van der Waals surface area contributed by atoms with Gasteiger partial charge in [-0.2, -0.15) is 0 Å². The molecule has 0 radical (unpaired) electrons. The maximum absolute atomic E-state index is 10.4. The molecule has 0 saturated carbocycles. The van der Waals surface area contributed by atoms with Crippen LogP contribution in [0.4, 0.5) is 0 Å². The van der Waals surface area contributed by atoms with Crippen LogP contribution in [0.15, 0.2) is 24.5 Å². The maximum atomic E-state index is 10.4. The molecule has 0 aliphatic carbocycles. The molecule has 1 aromatic heterocycles. The Hall–Kier alpha value is -0.900. The Bertz CT molecular complexity index is 212. The zero-order chi connectivity index (χ0) is 6.69. The number of primary amides is 1. The molecule has 3 N–H and O–H groups in total. The molecule has 0 aliphatic heterocycles. The van der Waals surface area contributed by atoms with Crippen molar-refractivity contribution in [3.63, 3.8) is 0 Å². The molecule has 54 valence electrons. The molecule has 0 spiro atoms. The lowest BCUT2D eigenvalue weighted by Crippen LogP contribution is -3.00. The van der Waals surface area contributed by atoms with Gasteiger partial charge in [0.2, 0.25) is 0 Å². The summed E-state index contributed by atoms with van der Waals surface area (Å²) in [6.45, 7) is 0. The minimum absolute atomic E-state index is 0. The van der Waals surface area contributed by atoms with Gasteiger partial charge in [0.25, 0.3) is 5.91 Å². The smallest absolute Gasteiger partial charge is 0.254 e. The number of H-pyrrole nitrogens is 1. The zero-order valence-corrected chi connectivity index (χ0v) is 6.76. The van der Waals surface area contributed by atoms with Crippen LogP contribution in [-0.4, -0.2) is 5.91 Å². The molecule has 1 amide bonds. The van der Waals surface area contributed by atoms with Crippen molar-refractivity contribution < 1.29 is 26.8 Å². The van der Waals surface area contributed by atoms with Crippen molar-refractivity contribution >= 4 is 5.91 Å². The number of amides is 1. The standard InChI is InChI=1S/C6H6N2O.BrH/c7-6(9)5-2-1-3-8-4-5;/h1-4H,(H2,7,9);1H. The van der Waals surface area contributed by atoms with Crippen LogP contribution >= 0.6 is 0 Å². The predicted molar refractivity (Wildman–Crippen MR) is 31.5 cm³/mol. The molecule has 10 heavy (non-hydrogen) atoms. The minimum Gasteiger partial charge on any atom is -1.00 e. The lowest BCUT2D eigenvalue weighted by Gasteiger charge is -1.84. The fourth-order valence-corrected chi connectivity index (χ4v) is 0.547. The van der Waals surface area contributed by atoms with Gasteiger partial charge < -0.3 is 22.7 Å². The van der Waals surface area contributed by atoms with E-state index in [2.05, 4.69) is 4.98 Å². The SMILES string of the molecule is NC(=O)c1ccc[nH+]c1.[Br-]. The summed E-state index contributed by atoms with van der Waals surface area (Å²) < 4.78 is 0. The maximum Gasteiger partial charge on any atom is 0.254 e. The Kier molecular flexibility index (Phi) is 3.64. The van der Waals surface area contributed by atoms with Crippen molar-refractivity contribution in [2.45, 2.75) is 0 Å². The molecule has 0 aliphatic rings. The molecule has 0 saturated heterocycles. The van der Waals surface area contributed by atoms with E-state index < -0.39 is 5.91 Å². The van der Waals surface area contributed by atoms with Crippen LogP contribution in [0.3, 0.4) is 0 Å². The molecular weight excluding hydrogens is 196 g/mol. The summed E-state index contributed by atoms with van der Waals surface area (Å²) in [6.07, 6.45) is 3.27. The van der Waals surface area contributed by atoms with Crippen molar-refractivity contribution in [2.24, 2.45) is 5.73 Å². The molecule has 1 aromatic rings. The second kappa shape index (κ2) is 4.00. The topological polar surface area (TPSA) is 57.2 Å². The first-order valence-corrected chi connectivity index (χ1v) is 2.56. The largest absolute Gasteiger partial charge is 1.00 e. The van der Waals surface area contributed by atoms with Crippen LogP contribution in [0.2, 0.25) is 0 Å². The fourth-order valence-electron chi connectivity index (χ4n) is 0.547. The number of carbonyl (C=O) groups is 1. The number of carbonyl (C=O) groups excluding carboxylic acids is 1. The van der Waals surface area contributed by atoms with E-state index in [4.69, 9.17) is 5.73 Å². The number of hydrogen-bond donors (Lipinski definition) is 1. The van der Waals surface area contributed by atoms with Gasteiger partial charge in [-0.15, -0.1) is 0 Å². The Morgan fingerprint density at radius 1 is 1.60 bits per heavy atom. The minimum atomic E-state index is -0.410. The van der Waals surface area contributed by atoms with E-state index >= 15 is 0 Å². The van der Waals surface area contributed by atoms with Gasteiger partial charge >= 0.3 is 0 Å². The first-order chi connectivity index (χ1) is 4.30. The van der Waals surface area contributed by atoms with Crippen molar-refractivity contribution in [3.05, 3.63) is 30.1 Å². The summed E-state index contributed by atoms with van der Waals surface area (Å²) in [5.41, 5.74) is 5.45. The van der Waals surface area contributed by atoms with Crippen LogP contribution < -0.4 is 27.7 Å². The first-order valence-electron chi connectivity index (χ1n) is 2.56. The summed E-state index contributed by atoms with van der Waals surface area (Å²) in [5, 5.41) is 0. The third-order valence-corrected chi connectivity index (χ3v) is 0.992. The van der Waals surface area contributed by atoms with E-state index in [-0.39, 0.29) is 17.0 Å². The van der Waals surface area contributed by atoms with E-state index in [0.717, 1.165) is 0 Å². The Morgan fingerprint density at radius 2 is 2.30 bits per heavy atom. The van der Waals surface area contributed by atoms with E-state index in [1.54, 1.807) is 24.5 Å². The average Bonchev–Trinajstić information content (AvgIpc) is 1.90. The van der Waals surface area contributed by atoms with Crippen LogP contribution in [0.25, 0.3) is 0 Å². The van der Waals surface area contributed by atoms with E-state index in [0.29, 0.717) is 5.56 Å². The highest BCUT2D eigenvalue weighted by Crippen LogP contribution is 1.88. The van der Waals surface area contributed by atoms with Gasteiger partial charge in [0.05, 0.1) is 0 Å². The van der Waals surface area contributed by atoms with Crippen LogP contribution in [0.5, 0.6) is 0 Å². The molecule has 0 aromatic carbocycles. The van der Waals surface area contributed by atoms with Crippen molar-refractivity contribution in [1.29, 1.82) is 0 Å². The van der Waals surface area contributed by atoms with Gasteiger partial charge in [-0.25, -0.2) is 4.98 Å². The second-order valence-electron chi connectivity index (χ2n) is 1.66. The molecule has 1 rings (SSSR count). The highest BCUT2D eigenvalue weighted by Gasteiger charge is 1.98. The lowest BCUT2D eigenvalue weighted by atomic mass is 10.3. The molecule has 0 atom stereocenters.